The van der Waals surface area contributed by atoms with Crippen molar-refractivity contribution in [2.24, 2.45) is 7.05 Å². The number of hydrogen-bond acceptors (Lipinski definition) is 4. The van der Waals surface area contributed by atoms with Crippen LogP contribution in [0.1, 0.15) is 23.2 Å². The van der Waals surface area contributed by atoms with E-state index in [4.69, 9.17) is 0 Å². The number of carbonyl (C=O) groups is 2. The maximum absolute atomic E-state index is 13.4. The third-order valence-corrected chi connectivity index (χ3v) is 5.53. The van der Waals surface area contributed by atoms with Gasteiger partial charge < -0.3 is 9.80 Å². The van der Waals surface area contributed by atoms with Gasteiger partial charge in [-0.15, -0.1) is 0 Å². The predicted octanol–water partition coefficient (Wildman–Crippen LogP) is 1.51. The predicted molar refractivity (Wildman–Crippen MR) is 102 cm³/mol. The second-order valence-electron chi connectivity index (χ2n) is 7.36. The number of piperazine rings is 1. The van der Waals surface area contributed by atoms with E-state index >= 15 is 0 Å². The molecule has 0 unspecified atom stereocenters. The number of halogens is 1. The summed E-state index contributed by atoms with van der Waals surface area (Å²) in [4.78, 5) is 31.3. The van der Waals surface area contributed by atoms with Gasteiger partial charge in [0, 0.05) is 51.5 Å². The molecule has 1 aromatic carbocycles. The lowest BCUT2D eigenvalue weighted by molar-refractivity contribution is -0.126. The summed E-state index contributed by atoms with van der Waals surface area (Å²) >= 11 is 0. The maximum Gasteiger partial charge on any atom is 0.254 e. The summed E-state index contributed by atoms with van der Waals surface area (Å²) in [5, 5.41) is 4.17. The number of benzene rings is 1. The zero-order valence-corrected chi connectivity index (χ0v) is 15.9. The van der Waals surface area contributed by atoms with Crippen molar-refractivity contribution >= 4 is 17.5 Å². The highest BCUT2D eigenvalue weighted by Gasteiger charge is 2.36. The Balaban J connectivity index is 1.39. The first-order chi connectivity index (χ1) is 13.5. The van der Waals surface area contributed by atoms with Crippen LogP contribution in [0.5, 0.6) is 0 Å². The maximum atomic E-state index is 13.4. The van der Waals surface area contributed by atoms with Crippen LogP contribution in [0.25, 0.3) is 0 Å². The Kier molecular flexibility index (Phi) is 5.13. The van der Waals surface area contributed by atoms with E-state index in [9.17, 15) is 14.0 Å². The molecule has 8 heteroatoms. The quantitative estimate of drug-likeness (QED) is 0.804. The Morgan fingerprint density at radius 1 is 1.18 bits per heavy atom. The largest absolute Gasteiger partial charge is 0.336 e. The first kappa shape index (κ1) is 18.6. The first-order valence-corrected chi connectivity index (χ1v) is 9.62. The lowest BCUT2D eigenvalue weighted by Gasteiger charge is -2.42. The number of aryl methyl sites for hydroxylation is 1. The smallest absolute Gasteiger partial charge is 0.254 e. The molecule has 2 saturated heterocycles. The molecule has 0 spiro atoms. The van der Waals surface area contributed by atoms with E-state index in [1.807, 2.05) is 18.1 Å². The number of amides is 2. The SMILES string of the molecule is Cn1cc(N2CCC[C@H](N3CCN(C(=O)c4cccc(F)c4)CC3)C2=O)cn1. The van der Waals surface area contributed by atoms with Gasteiger partial charge in [0.25, 0.3) is 5.91 Å². The Bertz CT molecular complexity index is 875. The minimum absolute atomic E-state index is 0.101. The Labute approximate surface area is 163 Å². The van der Waals surface area contributed by atoms with Gasteiger partial charge in [-0.05, 0) is 31.0 Å². The molecule has 2 aromatic rings. The molecule has 7 nitrogen and oxygen atoms in total. The monoisotopic (exact) mass is 385 g/mol. The van der Waals surface area contributed by atoms with E-state index in [0.29, 0.717) is 38.3 Å². The number of carbonyl (C=O) groups excluding carboxylic acids is 2. The number of aromatic nitrogens is 2. The minimum atomic E-state index is -0.409. The van der Waals surface area contributed by atoms with Crippen molar-refractivity contribution in [2.75, 3.05) is 37.6 Å². The summed E-state index contributed by atoms with van der Waals surface area (Å²) in [5.41, 5.74) is 1.20. The molecule has 2 aliphatic rings. The Morgan fingerprint density at radius 2 is 1.96 bits per heavy atom. The molecule has 1 atom stereocenters. The van der Waals surface area contributed by atoms with E-state index in [1.54, 1.807) is 27.9 Å². The van der Waals surface area contributed by atoms with E-state index in [2.05, 4.69) is 10.00 Å². The normalized spacial score (nSPS) is 21.2. The van der Waals surface area contributed by atoms with Crippen molar-refractivity contribution in [2.45, 2.75) is 18.9 Å². The van der Waals surface area contributed by atoms with E-state index < -0.39 is 5.82 Å². The van der Waals surface area contributed by atoms with Crippen LogP contribution in [0.15, 0.2) is 36.7 Å². The molecule has 0 saturated carbocycles. The molecular formula is C20H24FN5O2. The lowest BCUT2D eigenvalue weighted by Crippen LogP contribution is -2.58. The number of nitrogens with zero attached hydrogens (tertiary/aromatic N) is 5. The third-order valence-electron chi connectivity index (χ3n) is 5.53. The van der Waals surface area contributed by atoms with Gasteiger partial charge in [-0.2, -0.15) is 5.10 Å². The number of rotatable bonds is 3. The number of piperidine rings is 1. The van der Waals surface area contributed by atoms with Crippen LogP contribution in [0, 0.1) is 5.82 Å². The van der Waals surface area contributed by atoms with Crippen molar-refractivity contribution in [1.82, 2.24) is 19.6 Å². The highest BCUT2D eigenvalue weighted by atomic mass is 19.1. The van der Waals surface area contributed by atoms with Crippen molar-refractivity contribution in [3.8, 4) is 0 Å². The summed E-state index contributed by atoms with van der Waals surface area (Å²) in [6.07, 6.45) is 5.34. The number of hydrogen-bond donors (Lipinski definition) is 0. The van der Waals surface area contributed by atoms with Crippen molar-refractivity contribution in [1.29, 1.82) is 0 Å². The van der Waals surface area contributed by atoms with E-state index in [1.165, 1.54) is 12.1 Å². The fourth-order valence-corrected chi connectivity index (χ4v) is 4.04. The van der Waals surface area contributed by atoms with Gasteiger partial charge >= 0.3 is 0 Å². The van der Waals surface area contributed by atoms with Crippen LogP contribution in [-0.2, 0) is 11.8 Å². The first-order valence-electron chi connectivity index (χ1n) is 9.62. The molecule has 2 aliphatic heterocycles. The zero-order valence-electron chi connectivity index (χ0n) is 15.9. The van der Waals surface area contributed by atoms with Gasteiger partial charge in [0.2, 0.25) is 5.91 Å². The fourth-order valence-electron chi connectivity index (χ4n) is 4.04. The number of anilines is 1. The second-order valence-corrected chi connectivity index (χ2v) is 7.36. The van der Waals surface area contributed by atoms with Gasteiger partial charge in [-0.25, -0.2) is 4.39 Å². The average molecular weight is 385 g/mol. The van der Waals surface area contributed by atoms with Crippen LogP contribution in [0.3, 0.4) is 0 Å². The van der Waals surface area contributed by atoms with Crippen LogP contribution in [-0.4, -0.2) is 70.2 Å². The molecule has 148 valence electrons. The third kappa shape index (κ3) is 3.64. The van der Waals surface area contributed by atoms with Gasteiger partial charge in [-0.3, -0.25) is 19.2 Å². The fraction of sp³-hybridized carbons (Fsp3) is 0.450. The van der Waals surface area contributed by atoms with Crippen molar-refractivity contribution in [3.63, 3.8) is 0 Å². The molecule has 2 amide bonds. The van der Waals surface area contributed by atoms with Gasteiger partial charge in [0.05, 0.1) is 17.9 Å². The molecule has 0 radical (unpaired) electrons. The summed E-state index contributed by atoms with van der Waals surface area (Å²) < 4.78 is 15.1. The standard InChI is InChI=1S/C20H24FN5O2/c1-23-14-17(13-22-23)26-7-3-6-18(20(26)28)24-8-10-25(11-9-24)19(27)15-4-2-5-16(21)12-15/h2,4-5,12-14,18H,3,6-11H2,1H3/t18-/m0/s1. The molecule has 2 fully saturated rings. The molecule has 4 rings (SSSR count). The van der Waals surface area contributed by atoms with Gasteiger partial charge in [-0.1, -0.05) is 6.07 Å². The molecular weight excluding hydrogens is 361 g/mol. The molecule has 0 bridgehead atoms. The molecule has 3 heterocycles. The van der Waals surface area contributed by atoms with Crippen molar-refractivity contribution in [3.05, 3.63) is 48.0 Å². The highest BCUT2D eigenvalue weighted by molar-refractivity contribution is 5.98. The average Bonchev–Trinajstić information content (AvgIpc) is 3.14. The molecule has 28 heavy (non-hydrogen) atoms. The zero-order chi connectivity index (χ0) is 19.7. The second kappa shape index (κ2) is 7.71. The van der Waals surface area contributed by atoms with Crippen LogP contribution in [0.4, 0.5) is 10.1 Å². The summed E-state index contributed by atoms with van der Waals surface area (Å²) in [5.74, 6) is -0.469. The molecule has 0 N–H and O–H groups in total. The Hall–Kier alpha value is -2.74. The van der Waals surface area contributed by atoms with Crippen LogP contribution >= 0.6 is 0 Å². The van der Waals surface area contributed by atoms with Gasteiger partial charge in [0.15, 0.2) is 0 Å². The Morgan fingerprint density at radius 3 is 2.64 bits per heavy atom. The summed E-state index contributed by atoms with van der Waals surface area (Å²) in [6.45, 7) is 3.05. The summed E-state index contributed by atoms with van der Waals surface area (Å²) in [7, 11) is 1.84. The van der Waals surface area contributed by atoms with Crippen LogP contribution < -0.4 is 4.90 Å². The summed E-state index contributed by atoms with van der Waals surface area (Å²) in [6, 6.07) is 5.61. The molecule has 1 aromatic heterocycles. The lowest BCUT2D eigenvalue weighted by atomic mass is 10.0. The topological polar surface area (TPSA) is 61.7 Å². The van der Waals surface area contributed by atoms with Crippen LogP contribution in [0.2, 0.25) is 0 Å². The molecule has 0 aliphatic carbocycles. The minimum Gasteiger partial charge on any atom is -0.336 e. The van der Waals surface area contributed by atoms with E-state index in [0.717, 1.165) is 18.5 Å². The highest BCUT2D eigenvalue weighted by Crippen LogP contribution is 2.24. The van der Waals surface area contributed by atoms with Gasteiger partial charge in [0.1, 0.15) is 5.82 Å². The van der Waals surface area contributed by atoms with E-state index in [-0.39, 0.29) is 17.9 Å². The van der Waals surface area contributed by atoms with Crippen molar-refractivity contribution < 1.29 is 14.0 Å².